The molecule has 1 unspecified atom stereocenters. The maximum Gasteiger partial charge on any atom is 0.522 e. The Morgan fingerprint density at radius 3 is 2.20 bits per heavy atom. The van der Waals surface area contributed by atoms with E-state index in [4.69, 9.17) is 5.73 Å². The molecule has 0 aromatic heterocycles. The van der Waals surface area contributed by atoms with E-state index in [0.29, 0.717) is 0 Å². The molecule has 0 amide bonds. The van der Waals surface area contributed by atoms with E-state index in [2.05, 4.69) is 4.74 Å². The second-order valence-corrected chi connectivity index (χ2v) is 4.14. The first-order valence-corrected chi connectivity index (χ1v) is 5.61. The molecule has 0 bridgehead atoms. The molecule has 0 spiro atoms. The minimum atomic E-state index is -4.85. The number of alkyl halides is 3. The molecule has 1 atom stereocenters. The van der Waals surface area contributed by atoms with Gasteiger partial charge < -0.3 is 10.8 Å². The third-order valence-corrected chi connectivity index (χ3v) is 2.95. The van der Waals surface area contributed by atoms with Crippen molar-refractivity contribution < 1.29 is 32.2 Å². The molecular weight excluding hydrogens is 282 g/mol. The summed E-state index contributed by atoms with van der Waals surface area (Å²) in [6.07, 6.45) is -5.33. The Morgan fingerprint density at radius 1 is 1.25 bits per heavy atom. The van der Waals surface area contributed by atoms with E-state index in [0.717, 1.165) is 12.1 Å². The second kappa shape index (κ2) is 6.19. The molecule has 112 valence electrons. The van der Waals surface area contributed by atoms with Crippen LogP contribution >= 0.6 is 0 Å². The summed E-state index contributed by atoms with van der Waals surface area (Å²) in [6.45, 7) is -1.29. The monoisotopic (exact) mass is 295 g/mol. The van der Waals surface area contributed by atoms with Gasteiger partial charge in [-0.25, -0.2) is 4.39 Å². The van der Waals surface area contributed by atoms with Crippen molar-refractivity contribution in [1.29, 1.82) is 0 Å². The van der Waals surface area contributed by atoms with E-state index in [1.54, 1.807) is 0 Å². The van der Waals surface area contributed by atoms with Crippen LogP contribution in [0, 0.1) is 5.82 Å². The lowest BCUT2D eigenvalue weighted by Gasteiger charge is -2.28. The van der Waals surface area contributed by atoms with E-state index in [1.165, 1.54) is 12.1 Å². The van der Waals surface area contributed by atoms with Crippen LogP contribution in [0.3, 0.4) is 0 Å². The lowest BCUT2D eigenvalue weighted by Crippen LogP contribution is -2.44. The van der Waals surface area contributed by atoms with Crippen LogP contribution in [-0.4, -0.2) is 30.6 Å². The summed E-state index contributed by atoms with van der Waals surface area (Å²) in [6, 6.07) is 4.41. The standard InChI is InChI=1S/C12H13F4NO3/c13-9-3-1-8(2-4-9)11(7-17,10(18)19)5-6-20-12(14,15)16/h1-4H,5-7,17H2,(H,18,19). The van der Waals surface area contributed by atoms with Gasteiger partial charge in [-0.15, -0.1) is 13.2 Å². The average molecular weight is 295 g/mol. The van der Waals surface area contributed by atoms with Gasteiger partial charge in [-0.1, -0.05) is 12.1 Å². The largest absolute Gasteiger partial charge is 0.522 e. The summed E-state index contributed by atoms with van der Waals surface area (Å²) in [5, 5.41) is 9.27. The van der Waals surface area contributed by atoms with E-state index in [-0.39, 0.29) is 5.56 Å². The number of rotatable bonds is 6. The van der Waals surface area contributed by atoms with Crippen LogP contribution in [0.15, 0.2) is 24.3 Å². The van der Waals surface area contributed by atoms with Gasteiger partial charge in [0.05, 0.1) is 6.61 Å². The molecule has 0 fully saturated rings. The van der Waals surface area contributed by atoms with Crippen LogP contribution in [0.5, 0.6) is 0 Å². The molecule has 8 heteroatoms. The van der Waals surface area contributed by atoms with Crippen molar-refractivity contribution in [2.75, 3.05) is 13.2 Å². The smallest absolute Gasteiger partial charge is 0.481 e. The van der Waals surface area contributed by atoms with Gasteiger partial charge in [0.25, 0.3) is 0 Å². The van der Waals surface area contributed by atoms with Gasteiger partial charge in [-0.05, 0) is 24.1 Å². The molecule has 0 aliphatic carbocycles. The minimum Gasteiger partial charge on any atom is -0.481 e. The highest BCUT2D eigenvalue weighted by Crippen LogP contribution is 2.29. The van der Waals surface area contributed by atoms with Gasteiger partial charge in [-0.2, -0.15) is 0 Å². The van der Waals surface area contributed by atoms with Crippen molar-refractivity contribution in [2.45, 2.75) is 18.2 Å². The fourth-order valence-electron chi connectivity index (χ4n) is 1.79. The van der Waals surface area contributed by atoms with Crippen molar-refractivity contribution >= 4 is 5.97 Å². The zero-order valence-electron chi connectivity index (χ0n) is 10.3. The summed E-state index contributed by atoms with van der Waals surface area (Å²) in [5.41, 5.74) is 3.79. The van der Waals surface area contributed by atoms with Gasteiger partial charge in [0.2, 0.25) is 0 Å². The maximum atomic E-state index is 12.8. The molecule has 1 aromatic carbocycles. The first-order chi connectivity index (χ1) is 9.21. The molecule has 0 saturated carbocycles. The Bertz CT molecular complexity index is 461. The molecule has 3 N–H and O–H groups in total. The Morgan fingerprint density at radius 2 is 1.80 bits per heavy atom. The Balaban J connectivity index is 2.97. The second-order valence-electron chi connectivity index (χ2n) is 4.14. The third-order valence-electron chi connectivity index (χ3n) is 2.95. The molecule has 0 aliphatic rings. The number of aliphatic carboxylic acids is 1. The summed E-state index contributed by atoms with van der Waals surface area (Å²) in [5.74, 6) is -1.98. The molecule has 1 rings (SSSR count). The van der Waals surface area contributed by atoms with E-state index < -0.39 is 43.1 Å². The van der Waals surface area contributed by atoms with Crippen LogP contribution < -0.4 is 5.73 Å². The molecule has 0 heterocycles. The van der Waals surface area contributed by atoms with Crippen LogP contribution in [0.1, 0.15) is 12.0 Å². The summed E-state index contributed by atoms with van der Waals surface area (Å²) < 4.78 is 52.2. The number of carboxylic acids is 1. The highest BCUT2D eigenvalue weighted by Gasteiger charge is 2.40. The first-order valence-electron chi connectivity index (χ1n) is 5.61. The van der Waals surface area contributed by atoms with Crippen LogP contribution in [0.4, 0.5) is 17.6 Å². The normalized spacial score (nSPS) is 14.8. The number of ether oxygens (including phenoxy) is 1. The number of hydrogen-bond acceptors (Lipinski definition) is 3. The maximum absolute atomic E-state index is 12.8. The van der Waals surface area contributed by atoms with Gasteiger partial charge in [0.1, 0.15) is 11.2 Å². The van der Waals surface area contributed by atoms with Gasteiger partial charge in [0, 0.05) is 6.54 Å². The van der Waals surface area contributed by atoms with Crippen LogP contribution in [-0.2, 0) is 14.9 Å². The third kappa shape index (κ3) is 3.91. The minimum absolute atomic E-state index is 0.125. The van der Waals surface area contributed by atoms with E-state index >= 15 is 0 Å². The van der Waals surface area contributed by atoms with Crippen molar-refractivity contribution in [1.82, 2.24) is 0 Å². The lowest BCUT2D eigenvalue weighted by atomic mass is 9.78. The quantitative estimate of drug-likeness (QED) is 0.788. The predicted molar refractivity (Wildman–Crippen MR) is 61.4 cm³/mol. The number of benzene rings is 1. The lowest BCUT2D eigenvalue weighted by molar-refractivity contribution is -0.325. The summed E-state index contributed by atoms with van der Waals surface area (Å²) in [4.78, 5) is 11.4. The van der Waals surface area contributed by atoms with Gasteiger partial charge in [-0.3, -0.25) is 9.53 Å². The van der Waals surface area contributed by atoms with E-state index in [1.807, 2.05) is 0 Å². The summed E-state index contributed by atoms with van der Waals surface area (Å²) in [7, 11) is 0. The number of carboxylic acid groups (broad SMARTS) is 1. The number of carbonyl (C=O) groups is 1. The number of nitrogens with two attached hydrogens (primary N) is 1. The summed E-state index contributed by atoms with van der Waals surface area (Å²) >= 11 is 0. The highest BCUT2D eigenvalue weighted by molar-refractivity contribution is 5.81. The van der Waals surface area contributed by atoms with E-state index in [9.17, 15) is 27.5 Å². The van der Waals surface area contributed by atoms with Gasteiger partial charge in [0.15, 0.2) is 0 Å². The topological polar surface area (TPSA) is 72.5 Å². The van der Waals surface area contributed by atoms with Crippen LogP contribution in [0.2, 0.25) is 0 Å². The molecule has 20 heavy (non-hydrogen) atoms. The zero-order chi connectivity index (χ0) is 15.4. The fourth-order valence-corrected chi connectivity index (χ4v) is 1.79. The van der Waals surface area contributed by atoms with Crippen LogP contribution in [0.25, 0.3) is 0 Å². The van der Waals surface area contributed by atoms with Crippen molar-refractivity contribution in [3.05, 3.63) is 35.6 Å². The molecule has 4 nitrogen and oxygen atoms in total. The SMILES string of the molecule is NCC(CCOC(F)(F)F)(C(=O)O)c1ccc(F)cc1. The Labute approximate surface area is 112 Å². The molecular formula is C12H13F4NO3. The number of halogens is 4. The highest BCUT2D eigenvalue weighted by atomic mass is 19.4. The predicted octanol–water partition coefficient (Wildman–Crippen LogP) is 2.03. The van der Waals surface area contributed by atoms with Gasteiger partial charge >= 0.3 is 12.3 Å². The zero-order valence-corrected chi connectivity index (χ0v) is 10.3. The average Bonchev–Trinajstić information content (AvgIpc) is 2.34. The molecule has 0 aliphatic heterocycles. The van der Waals surface area contributed by atoms with Crippen molar-refractivity contribution in [2.24, 2.45) is 5.73 Å². The molecule has 1 aromatic rings. The molecule has 0 radical (unpaired) electrons. The van der Waals surface area contributed by atoms with Crippen molar-refractivity contribution in [3.63, 3.8) is 0 Å². The Kier molecular flexibility index (Phi) is 5.07. The van der Waals surface area contributed by atoms with Crippen molar-refractivity contribution in [3.8, 4) is 0 Å². The molecule has 0 saturated heterocycles. The fraction of sp³-hybridized carbons (Fsp3) is 0.417. The first kappa shape index (κ1) is 16.4. The number of hydrogen-bond donors (Lipinski definition) is 2. The Hall–Kier alpha value is -1.67.